The van der Waals surface area contributed by atoms with Crippen LogP contribution in [0.5, 0.6) is 5.75 Å². The Labute approximate surface area is 123 Å². The van der Waals surface area contributed by atoms with Crippen LogP contribution in [0, 0.1) is 11.8 Å². The van der Waals surface area contributed by atoms with E-state index in [0.29, 0.717) is 11.0 Å². The zero-order chi connectivity index (χ0) is 13.9. The highest BCUT2D eigenvalue weighted by atomic mass is 32.1. The van der Waals surface area contributed by atoms with Gasteiger partial charge in [-0.3, -0.25) is 5.43 Å². The number of benzene rings is 1. The van der Waals surface area contributed by atoms with Gasteiger partial charge in [0, 0.05) is 23.4 Å². The fraction of sp³-hybridized carbons (Fsp3) is 0.333. The predicted molar refractivity (Wildman–Crippen MR) is 85.1 cm³/mol. The molecule has 0 heterocycles. The molecule has 5 heteroatoms. The van der Waals surface area contributed by atoms with Crippen molar-refractivity contribution in [3.05, 3.63) is 36.4 Å². The van der Waals surface area contributed by atoms with Crippen LogP contribution in [0.1, 0.15) is 12.8 Å². The average molecular weight is 287 g/mol. The summed E-state index contributed by atoms with van der Waals surface area (Å²) in [5.41, 5.74) is 4.99. The first-order valence-corrected chi connectivity index (χ1v) is 7.11. The third kappa shape index (κ3) is 2.67. The third-order valence-electron chi connectivity index (χ3n) is 3.77. The van der Waals surface area contributed by atoms with Gasteiger partial charge in [0.25, 0.3) is 0 Å². The number of nitrogens with one attached hydrogen (secondary N) is 2. The van der Waals surface area contributed by atoms with E-state index >= 15 is 0 Å². The molecule has 3 rings (SSSR count). The van der Waals surface area contributed by atoms with Gasteiger partial charge in [-0.2, -0.15) is 5.10 Å². The minimum Gasteiger partial charge on any atom is -0.497 e. The number of methoxy groups -OCH3 is 1. The molecule has 1 fully saturated rings. The van der Waals surface area contributed by atoms with Crippen LogP contribution in [-0.2, 0) is 0 Å². The van der Waals surface area contributed by atoms with Crippen molar-refractivity contribution in [2.75, 3.05) is 12.4 Å². The fourth-order valence-electron chi connectivity index (χ4n) is 2.64. The maximum Gasteiger partial charge on any atom is 0.191 e. The molecule has 0 aromatic heterocycles. The molecule has 1 aromatic carbocycles. The van der Waals surface area contributed by atoms with Gasteiger partial charge in [-0.1, -0.05) is 18.2 Å². The van der Waals surface area contributed by atoms with E-state index < -0.39 is 0 Å². The molecule has 0 bridgehead atoms. The Bertz CT molecular complexity index is 582. The van der Waals surface area contributed by atoms with Crippen LogP contribution in [0.3, 0.4) is 0 Å². The predicted octanol–water partition coefficient (Wildman–Crippen LogP) is 2.93. The molecule has 2 atom stereocenters. The van der Waals surface area contributed by atoms with Gasteiger partial charge in [0.15, 0.2) is 5.11 Å². The van der Waals surface area contributed by atoms with Crippen molar-refractivity contribution in [2.24, 2.45) is 16.9 Å². The van der Waals surface area contributed by atoms with Crippen LogP contribution >= 0.6 is 12.2 Å². The number of allylic oxidation sites excluding steroid dienone is 2. The van der Waals surface area contributed by atoms with Gasteiger partial charge in [0.2, 0.25) is 0 Å². The third-order valence-corrected chi connectivity index (χ3v) is 3.97. The maximum atomic E-state index is 5.24. The summed E-state index contributed by atoms with van der Waals surface area (Å²) in [6.07, 6.45) is 6.75. The molecule has 4 nitrogen and oxygen atoms in total. The summed E-state index contributed by atoms with van der Waals surface area (Å²) in [6, 6.07) is 7.63. The Hall–Kier alpha value is -1.88. The van der Waals surface area contributed by atoms with E-state index in [1.165, 1.54) is 12.1 Å². The van der Waals surface area contributed by atoms with Crippen molar-refractivity contribution in [3.63, 3.8) is 0 Å². The highest BCUT2D eigenvalue weighted by Crippen LogP contribution is 2.40. The second-order valence-corrected chi connectivity index (χ2v) is 5.46. The van der Waals surface area contributed by atoms with E-state index in [-0.39, 0.29) is 0 Å². The van der Waals surface area contributed by atoms with E-state index in [4.69, 9.17) is 17.0 Å². The number of rotatable bonds is 3. The van der Waals surface area contributed by atoms with Crippen molar-refractivity contribution in [1.29, 1.82) is 0 Å². The first-order valence-electron chi connectivity index (χ1n) is 6.70. The Morgan fingerprint density at radius 2 is 2.35 bits per heavy atom. The summed E-state index contributed by atoms with van der Waals surface area (Å²) in [4.78, 5) is 0. The second kappa shape index (κ2) is 5.63. The Morgan fingerprint density at radius 1 is 1.45 bits per heavy atom. The van der Waals surface area contributed by atoms with Crippen LogP contribution in [0.4, 0.5) is 5.69 Å². The molecular weight excluding hydrogens is 270 g/mol. The van der Waals surface area contributed by atoms with Gasteiger partial charge >= 0.3 is 0 Å². The molecule has 2 aliphatic rings. The monoisotopic (exact) mass is 287 g/mol. The van der Waals surface area contributed by atoms with Crippen LogP contribution in [0.15, 0.2) is 41.5 Å². The van der Waals surface area contributed by atoms with Crippen molar-refractivity contribution in [2.45, 2.75) is 12.8 Å². The number of ether oxygens (including phenoxy) is 1. The molecule has 20 heavy (non-hydrogen) atoms. The lowest BCUT2D eigenvalue weighted by molar-refractivity contribution is 0.415. The van der Waals surface area contributed by atoms with Crippen molar-refractivity contribution in [1.82, 2.24) is 5.43 Å². The molecule has 2 N–H and O–H groups in total. The normalized spacial score (nSPS) is 24.9. The molecule has 104 valence electrons. The van der Waals surface area contributed by atoms with Crippen molar-refractivity contribution in [3.8, 4) is 5.75 Å². The highest BCUT2D eigenvalue weighted by molar-refractivity contribution is 7.80. The van der Waals surface area contributed by atoms with Gasteiger partial charge in [0.1, 0.15) is 5.75 Å². The zero-order valence-electron chi connectivity index (χ0n) is 11.3. The second-order valence-electron chi connectivity index (χ2n) is 5.05. The molecule has 1 aromatic rings. The molecule has 0 spiro atoms. The molecule has 1 saturated carbocycles. The first kappa shape index (κ1) is 13.1. The van der Waals surface area contributed by atoms with Gasteiger partial charge in [-0.05, 0) is 43.1 Å². The van der Waals surface area contributed by atoms with E-state index in [9.17, 15) is 0 Å². The first-order chi connectivity index (χ1) is 9.76. The van der Waals surface area contributed by atoms with Gasteiger partial charge in [0.05, 0.1) is 7.11 Å². The van der Waals surface area contributed by atoms with Crippen LogP contribution in [0.2, 0.25) is 0 Å². The molecule has 0 saturated heterocycles. The van der Waals surface area contributed by atoms with E-state index in [1.807, 2.05) is 24.3 Å². The van der Waals surface area contributed by atoms with Gasteiger partial charge in [-0.25, -0.2) is 0 Å². The summed E-state index contributed by atoms with van der Waals surface area (Å²) in [5.74, 6) is 2.10. The quantitative estimate of drug-likeness (QED) is 0.510. The van der Waals surface area contributed by atoms with Gasteiger partial charge in [-0.15, -0.1) is 0 Å². The summed E-state index contributed by atoms with van der Waals surface area (Å²) < 4.78 is 5.17. The number of hydrogen-bond donors (Lipinski definition) is 2. The number of hydrogen-bond acceptors (Lipinski definition) is 3. The Morgan fingerprint density at radius 3 is 3.15 bits per heavy atom. The SMILES string of the molecule is COc1cccc(NC(=S)N/N=C2/C[C@H]3CC=C[C@H]23)c1. The average Bonchev–Trinajstić information content (AvgIpc) is 2.81. The lowest BCUT2D eigenvalue weighted by Gasteiger charge is -2.31. The maximum absolute atomic E-state index is 5.24. The number of anilines is 1. The summed E-state index contributed by atoms with van der Waals surface area (Å²) in [6.45, 7) is 0. The number of nitrogens with zero attached hydrogens (tertiary/aromatic N) is 1. The number of hydrazone groups is 1. The molecule has 0 unspecified atom stereocenters. The van der Waals surface area contributed by atoms with Crippen LogP contribution in [-0.4, -0.2) is 17.9 Å². The molecule has 0 radical (unpaired) electrons. The van der Waals surface area contributed by atoms with Crippen molar-refractivity contribution < 1.29 is 4.74 Å². The molecule has 0 aliphatic heterocycles. The van der Waals surface area contributed by atoms with Crippen LogP contribution < -0.4 is 15.5 Å². The smallest absolute Gasteiger partial charge is 0.191 e. The fourth-order valence-corrected chi connectivity index (χ4v) is 2.81. The summed E-state index contributed by atoms with van der Waals surface area (Å²) >= 11 is 5.24. The topological polar surface area (TPSA) is 45.6 Å². The lowest BCUT2D eigenvalue weighted by Crippen LogP contribution is -2.36. The lowest BCUT2D eigenvalue weighted by atomic mass is 9.74. The standard InChI is InChI=1S/C15H17N3OS/c1-19-12-6-3-5-11(9-12)16-15(20)18-17-14-8-10-4-2-7-13(10)14/h2-3,5-7,9-10,13H,4,8H2,1H3,(H2,16,18,20)/b17-14-/t10-,13+/m1/s1. The zero-order valence-corrected chi connectivity index (χ0v) is 12.1. The molecule has 0 amide bonds. The summed E-state index contributed by atoms with van der Waals surface area (Å²) in [7, 11) is 1.64. The highest BCUT2D eigenvalue weighted by Gasteiger charge is 2.37. The van der Waals surface area contributed by atoms with Gasteiger partial charge < -0.3 is 10.1 Å². The number of fused-ring (bicyclic) bond motifs is 1. The van der Waals surface area contributed by atoms with Crippen LogP contribution in [0.25, 0.3) is 0 Å². The minimum atomic E-state index is 0.496. The number of thiocarbonyl (C=S) groups is 1. The Kier molecular flexibility index (Phi) is 3.69. The van der Waals surface area contributed by atoms with E-state index in [0.717, 1.165) is 23.8 Å². The molecular formula is C15H17N3OS. The minimum absolute atomic E-state index is 0.496. The largest absolute Gasteiger partial charge is 0.497 e. The Balaban J connectivity index is 1.55. The van der Waals surface area contributed by atoms with E-state index in [2.05, 4.69) is 28.0 Å². The molecule has 2 aliphatic carbocycles. The van der Waals surface area contributed by atoms with Crippen molar-refractivity contribution >= 4 is 28.7 Å². The van der Waals surface area contributed by atoms with E-state index in [1.54, 1.807) is 7.11 Å². The summed E-state index contributed by atoms with van der Waals surface area (Å²) in [5, 5.41) is 7.98.